The van der Waals surface area contributed by atoms with Crippen LogP contribution in [0.3, 0.4) is 0 Å². The fourth-order valence-corrected chi connectivity index (χ4v) is 4.98. The van der Waals surface area contributed by atoms with E-state index in [0.717, 1.165) is 56.4 Å². The number of rotatable bonds is 7. The number of aliphatic imine (C=N–C) groups is 1. The SMILES string of the molecule is CCNC(=NCC1(c2ccc(F)cc2)CCCCC1)NC1CCc2nc(COC)nn2C1.I. The van der Waals surface area contributed by atoms with Gasteiger partial charge < -0.3 is 15.4 Å². The lowest BCUT2D eigenvalue weighted by Crippen LogP contribution is -2.47. The van der Waals surface area contributed by atoms with Crippen LogP contribution in [0.1, 0.15) is 62.7 Å². The van der Waals surface area contributed by atoms with Gasteiger partial charge in [-0.3, -0.25) is 4.99 Å². The fourth-order valence-electron chi connectivity index (χ4n) is 4.98. The third-order valence-corrected chi connectivity index (χ3v) is 6.67. The maximum Gasteiger partial charge on any atom is 0.191 e. The first-order valence-electron chi connectivity index (χ1n) is 11.8. The van der Waals surface area contributed by atoms with Gasteiger partial charge in [-0.05, 0) is 43.9 Å². The molecule has 1 aliphatic carbocycles. The highest BCUT2D eigenvalue weighted by molar-refractivity contribution is 14.0. The Balaban J connectivity index is 0.00000306. The highest BCUT2D eigenvalue weighted by Gasteiger charge is 2.34. The van der Waals surface area contributed by atoms with Crippen molar-refractivity contribution in [2.24, 2.45) is 4.99 Å². The van der Waals surface area contributed by atoms with Crippen LogP contribution in [0.5, 0.6) is 0 Å². The van der Waals surface area contributed by atoms with Crippen LogP contribution in [0.15, 0.2) is 29.3 Å². The minimum Gasteiger partial charge on any atom is -0.377 e. The van der Waals surface area contributed by atoms with E-state index < -0.39 is 0 Å². The highest BCUT2D eigenvalue weighted by Crippen LogP contribution is 2.39. The Labute approximate surface area is 213 Å². The maximum absolute atomic E-state index is 13.5. The van der Waals surface area contributed by atoms with E-state index in [9.17, 15) is 4.39 Å². The van der Waals surface area contributed by atoms with Gasteiger partial charge in [0.2, 0.25) is 0 Å². The van der Waals surface area contributed by atoms with E-state index in [0.29, 0.717) is 13.2 Å². The van der Waals surface area contributed by atoms with Crippen LogP contribution in [0, 0.1) is 5.82 Å². The van der Waals surface area contributed by atoms with Crippen molar-refractivity contribution >= 4 is 29.9 Å². The lowest BCUT2D eigenvalue weighted by atomic mass is 9.69. The molecule has 2 aromatic rings. The van der Waals surface area contributed by atoms with Gasteiger partial charge in [0.15, 0.2) is 11.8 Å². The molecule has 0 saturated heterocycles. The van der Waals surface area contributed by atoms with E-state index in [-0.39, 0.29) is 41.3 Å². The van der Waals surface area contributed by atoms with Gasteiger partial charge in [0.25, 0.3) is 0 Å². The van der Waals surface area contributed by atoms with Crippen LogP contribution < -0.4 is 10.6 Å². The summed E-state index contributed by atoms with van der Waals surface area (Å²) < 4.78 is 20.7. The molecule has 0 spiro atoms. The summed E-state index contributed by atoms with van der Waals surface area (Å²) in [6.45, 7) is 4.79. The first-order chi connectivity index (χ1) is 15.6. The third kappa shape index (κ3) is 6.44. The number of hydrogen-bond acceptors (Lipinski definition) is 4. The predicted octanol–water partition coefficient (Wildman–Crippen LogP) is 3.95. The third-order valence-electron chi connectivity index (χ3n) is 6.67. The van der Waals surface area contributed by atoms with Gasteiger partial charge in [-0.1, -0.05) is 31.4 Å². The zero-order chi connectivity index (χ0) is 22.4. The molecule has 2 aliphatic rings. The van der Waals surface area contributed by atoms with Crippen LogP contribution >= 0.6 is 24.0 Å². The van der Waals surface area contributed by atoms with Crippen molar-refractivity contribution in [1.82, 2.24) is 25.4 Å². The van der Waals surface area contributed by atoms with Gasteiger partial charge >= 0.3 is 0 Å². The van der Waals surface area contributed by atoms with Crippen molar-refractivity contribution < 1.29 is 9.13 Å². The second kappa shape index (κ2) is 12.1. The highest BCUT2D eigenvalue weighted by atomic mass is 127. The second-order valence-corrected chi connectivity index (χ2v) is 8.98. The summed E-state index contributed by atoms with van der Waals surface area (Å²) in [5.74, 6) is 2.42. The van der Waals surface area contributed by atoms with Gasteiger partial charge in [-0.15, -0.1) is 24.0 Å². The Hall–Kier alpha value is -1.75. The number of nitrogens with zero attached hydrogens (tertiary/aromatic N) is 4. The summed E-state index contributed by atoms with van der Waals surface area (Å²) in [5, 5.41) is 11.6. The molecule has 4 rings (SSSR count). The lowest BCUT2D eigenvalue weighted by Gasteiger charge is -2.37. The molecule has 2 N–H and O–H groups in total. The standard InChI is InChI=1S/C24H35FN6O.HI/c1-3-26-23(28-20-11-12-22-29-21(16-32-2)30-31(22)15-20)27-17-24(13-5-4-6-14-24)18-7-9-19(25)10-8-18;/h7-10,20H,3-6,11-17H2,1-2H3,(H2,26,27,28);1H. The summed E-state index contributed by atoms with van der Waals surface area (Å²) in [4.78, 5) is 9.59. The summed E-state index contributed by atoms with van der Waals surface area (Å²) in [7, 11) is 1.66. The molecule has 9 heteroatoms. The zero-order valence-electron chi connectivity index (χ0n) is 19.6. The summed E-state index contributed by atoms with van der Waals surface area (Å²) in [6, 6.07) is 7.29. The van der Waals surface area contributed by atoms with Crippen LogP contribution in [-0.2, 0) is 29.7 Å². The first-order valence-corrected chi connectivity index (χ1v) is 11.8. The molecular formula is C24H36FIN6O. The Kier molecular flexibility index (Phi) is 9.48. The number of aryl methyl sites for hydroxylation is 1. The molecule has 182 valence electrons. The van der Waals surface area contributed by atoms with E-state index in [1.165, 1.54) is 24.8 Å². The molecular weight excluding hydrogens is 534 g/mol. The van der Waals surface area contributed by atoms with E-state index in [1.54, 1.807) is 19.2 Å². The Bertz CT molecular complexity index is 910. The topological polar surface area (TPSA) is 76.4 Å². The summed E-state index contributed by atoms with van der Waals surface area (Å²) in [6.07, 6.45) is 7.70. The fraction of sp³-hybridized carbons (Fsp3) is 0.625. The lowest BCUT2D eigenvalue weighted by molar-refractivity contribution is 0.177. The van der Waals surface area contributed by atoms with Crippen LogP contribution in [0.4, 0.5) is 4.39 Å². The van der Waals surface area contributed by atoms with Crippen molar-refractivity contribution in [3.05, 3.63) is 47.3 Å². The molecule has 0 radical (unpaired) electrons. The smallest absolute Gasteiger partial charge is 0.191 e. The van der Waals surface area contributed by atoms with Gasteiger partial charge in [-0.2, -0.15) is 5.10 Å². The molecule has 0 bridgehead atoms. The Morgan fingerprint density at radius 2 is 2.00 bits per heavy atom. The van der Waals surface area contributed by atoms with Crippen molar-refractivity contribution in [3.63, 3.8) is 0 Å². The van der Waals surface area contributed by atoms with E-state index >= 15 is 0 Å². The van der Waals surface area contributed by atoms with Gasteiger partial charge in [0.05, 0.1) is 13.1 Å². The van der Waals surface area contributed by atoms with E-state index in [1.807, 2.05) is 16.8 Å². The molecule has 1 aromatic carbocycles. The number of guanidine groups is 1. The van der Waals surface area contributed by atoms with Crippen LogP contribution in [-0.4, -0.2) is 47.0 Å². The van der Waals surface area contributed by atoms with Crippen molar-refractivity contribution in [3.8, 4) is 0 Å². The largest absolute Gasteiger partial charge is 0.377 e. The van der Waals surface area contributed by atoms with Crippen LogP contribution in [0.25, 0.3) is 0 Å². The number of nitrogens with one attached hydrogen (secondary N) is 2. The number of ether oxygens (including phenoxy) is 1. The van der Waals surface area contributed by atoms with E-state index in [4.69, 9.17) is 9.73 Å². The van der Waals surface area contributed by atoms with E-state index in [2.05, 4.69) is 27.6 Å². The summed E-state index contributed by atoms with van der Waals surface area (Å²) >= 11 is 0. The summed E-state index contributed by atoms with van der Waals surface area (Å²) in [5.41, 5.74) is 1.18. The number of aromatic nitrogens is 3. The molecule has 7 nitrogen and oxygen atoms in total. The van der Waals surface area contributed by atoms with Crippen molar-refractivity contribution in [2.45, 2.75) is 76.5 Å². The second-order valence-electron chi connectivity index (χ2n) is 8.98. The Morgan fingerprint density at radius 1 is 1.24 bits per heavy atom. The average Bonchev–Trinajstić information content (AvgIpc) is 3.21. The van der Waals surface area contributed by atoms with Crippen molar-refractivity contribution in [2.75, 3.05) is 20.2 Å². The molecule has 1 aliphatic heterocycles. The maximum atomic E-state index is 13.5. The number of benzene rings is 1. The van der Waals surface area contributed by atoms with Crippen LogP contribution in [0.2, 0.25) is 0 Å². The minimum atomic E-state index is -0.184. The predicted molar refractivity (Wildman–Crippen MR) is 139 cm³/mol. The molecule has 1 fully saturated rings. The number of fused-ring (bicyclic) bond motifs is 1. The zero-order valence-corrected chi connectivity index (χ0v) is 22.0. The van der Waals surface area contributed by atoms with Gasteiger partial charge in [0, 0.05) is 31.5 Å². The normalized spacial score (nSPS) is 20.0. The molecule has 1 aromatic heterocycles. The average molecular weight is 570 g/mol. The molecule has 2 heterocycles. The number of hydrogen-bond donors (Lipinski definition) is 2. The molecule has 1 atom stereocenters. The molecule has 33 heavy (non-hydrogen) atoms. The quantitative estimate of drug-likeness (QED) is 0.300. The van der Waals surface area contributed by atoms with Gasteiger partial charge in [0.1, 0.15) is 18.2 Å². The number of halogens is 2. The van der Waals surface area contributed by atoms with Gasteiger partial charge in [-0.25, -0.2) is 14.1 Å². The Morgan fingerprint density at radius 3 is 2.70 bits per heavy atom. The van der Waals surface area contributed by atoms with Crippen molar-refractivity contribution in [1.29, 1.82) is 0 Å². The minimum absolute atomic E-state index is 0. The molecule has 0 amide bonds. The molecule has 1 saturated carbocycles. The monoisotopic (exact) mass is 570 g/mol. The number of methoxy groups -OCH3 is 1. The molecule has 1 unspecified atom stereocenters. The first kappa shape index (κ1) is 25.9.